The quantitative estimate of drug-likeness (QED) is 0.446. The Kier molecular flexibility index (Phi) is 5.71. The summed E-state index contributed by atoms with van der Waals surface area (Å²) in [7, 11) is 0. The lowest BCUT2D eigenvalue weighted by molar-refractivity contribution is -0.134. The van der Waals surface area contributed by atoms with Crippen molar-refractivity contribution in [1.82, 2.24) is 19.2 Å². The van der Waals surface area contributed by atoms with Gasteiger partial charge in [0, 0.05) is 40.9 Å². The SMILES string of the molecule is C[C@@H]1C[C@H](C)CN(C(=O)Cn2ncc3c4ccccc4n(Cc4cccc(Cl)c4)c3c2=O)C1. The van der Waals surface area contributed by atoms with E-state index in [1.165, 1.54) is 4.68 Å². The van der Waals surface area contributed by atoms with Crippen LogP contribution in [-0.2, 0) is 17.9 Å². The van der Waals surface area contributed by atoms with Crippen molar-refractivity contribution in [3.05, 3.63) is 75.7 Å². The average molecular weight is 463 g/mol. The number of nitrogens with zero attached hydrogens (tertiary/aromatic N) is 4. The maximum Gasteiger partial charge on any atom is 0.291 e. The molecule has 33 heavy (non-hydrogen) atoms. The van der Waals surface area contributed by atoms with Crippen molar-refractivity contribution in [2.45, 2.75) is 33.4 Å². The number of hydrogen-bond donors (Lipinski definition) is 0. The summed E-state index contributed by atoms with van der Waals surface area (Å²) in [5.41, 5.74) is 2.26. The highest BCUT2D eigenvalue weighted by atomic mass is 35.5. The summed E-state index contributed by atoms with van der Waals surface area (Å²) in [6, 6.07) is 15.6. The third-order valence-electron chi connectivity index (χ3n) is 6.51. The summed E-state index contributed by atoms with van der Waals surface area (Å²) in [6.07, 6.45) is 2.83. The molecule has 1 aliphatic heterocycles. The van der Waals surface area contributed by atoms with E-state index in [0.717, 1.165) is 41.4 Å². The van der Waals surface area contributed by atoms with Crippen LogP contribution in [0.4, 0.5) is 0 Å². The van der Waals surface area contributed by atoms with Gasteiger partial charge in [-0.2, -0.15) is 5.10 Å². The Hall–Kier alpha value is -3.12. The highest BCUT2D eigenvalue weighted by Gasteiger charge is 2.26. The maximum atomic E-state index is 13.6. The molecule has 0 bridgehead atoms. The summed E-state index contributed by atoms with van der Waals surface area (Å²) in [5, 5.41) is 6.80. The van der Waals surface area contributed by atoms with E-state index < -0.39 is 0 Å². The number of piperidine rings is 1. The average Bonchev–Trinajstić information content (AvgIpc) is 3.09. The Morgan fingerprint density at radius 1 is 1.06 bits per heavy atom. The van der Waals surface area contributed by atoms with Gasteiger partial charge in [-0.25, -0.2) is 4.68 Å². The van der Waals surface area contributed by atoms with Crippen molar-refractivity contribution in [3.63, 3.8) is 0 Å². The molecule has 0 saturated carbocycles. The zero-order valence-electron chi connectivity index (χ0n) is 18.9. The van der Waals surface area contributed by atoms with Crippen molar-refractivity contribution in [2.75, 3.05) is 13.1 Å². The van der Waals surface area contributed by atoms with E-state index in [1.807, 2.05) is 58.0 Å². The number of rotatable bonds is 4. The number of halogens is 1. The van der Waals surface area contributed by atoms with Gasteiger partial charge in [0.05, 0.1) is 6.20 Å². The van der Waals surface area contributed by atoms with Crippen molar-refractivity contribution in [1.29, 1.82) is 0 Å². The number of fused-ring (bicyclic) bond motifs is 3. The number of likely N-dealkylation sites (tertiary alicyclic amines) is 1. The van der Waals surface area contributed by atoms with E-state index >= 15 is 0 Å². The molecular formula is C26H27ClN4O2. The van der Waals surface area contributed by atoms with E-state index in [4.69, 9.17) is 11.6 Å². The van der Waals surface area contributed by atoms with Gasteiger partial charge in [0.1, 0.15) is 12.1 Å². The minimum absolute atomic E-state index is 0.0487. The number of amides is 1. The van der Waals surface area contributed by atoms with Crippen LogP contribution >= 0.6 is 11.6 Å². The second-order valence-electron chi connectivity index (χ2n) is 9.35. The van der Waals surface area contributed by atoms with Crippen LogP contribution in [0.3, 0.4) is 0 Å². The Morgan fingerprint density at radius 3 is 2.58 bits per heavy atom. The third-order valence-corrected chi connectivity index (χ3v) is 6.74. The molecule has 7 heteroatoms. The van der Waals surface area contributed by atoms with Gasteiger partial charge in [-0.05, 0) is 42.0 Å². The molecule has 1 aliphatic rings. The Balaban J connectivity index is 1.57. The molecule has 6 nitrogen and oxygen atoms in total. The summed E-state index contributed by atoms with van der Waals surface area (Å²) in [4.78, 5) is 28.5. The number of benzene rings is 2. The van der Waals surface area contributed by atoms with Crippen LogP contribution in [0.15, 0.2) is 59.5 Å². The zero-order valence-corrected chi connectivity index (χ0v) is 19.6. The van der Waals surface area contributed by atoms with E-state index in [-0.39, 0.29) is 18.0 Å². The lowest BCUT2D eigenvalue weighted by Crippen LogP contribution is -2.45. The molecule has 170 valence electrons. The molecule has 0 unspecified atom stereocenters. The molecular weight excluding hydrogens is 436 g/mol. The Bertz CT molecular complexity index is 1400. The van der Waals surface area contributed by atoms with Gasteiger partial charge in [0.2, 0.25) is 5.91 Å². The third kappa shape index (κ3) is 4.15. The first kappa shape index (κ1) is 21.7. The second-order valence-corrected chi connectivity index (χ2v) is 9.78. The topological polar surface area (TPSA) is 60.1 Å². The van der Waals surface area contributed by atoms with Gasteiger partial charge >= 0.3 is 0 Å². The monoisotopic (exact) mass is 462 g/mol. The highest BCUT2D eigenvalue weighted by molar-refractivity contribution is 6.30. The lowest BCUT2D eigenvalue weighted by atomic mass is 9.92. The standard InChI is InChI=1S/C26H27ClN4O2/c1-17-10-18(2)14-29(13-17)24(32)16-31-26(33)25-22(12-28-31)21-8-3-4-9-23(21)30(25)15-19-6-5-7-20(27)11-19/h3-9,11-12,17-18H,10,13-16H2,1-2H3/t17-,18+. The number of para-hydroxylation sites is 1. The molecule has 1 saturated heterocycles. The summed E-state index contributed by atoms with van der Waals surface area (Å²) < 4.78 is 3.31. The molecule has 0 radical (unpaired) electrons. The molecule has 5 rings (SSSR count). The van der Waals surface area contributed by atoms with Gasteiger partial charge in [-0.15, -0.1) is 0 Å². The molecule has 3 heterocycles. The lowest BCUT2D eigenvalue weighted by Gasteiger charge is -2.35. The highest BCUT2D eigenvalue weighted by Crippen LogP contribution is 2.28. The first-order valence-corrected chi connectivity index (χ1v) is 11.8. The summed E-state index contributed by atoms with van der Waals surface area (Å²) >= 11 is 6.20. The maximum absolute atomic E-state index is 13.6. The fraction of sp³-hybridized carbons (Fsp3) is 0.346. The summed E-state index contributed by atoms with van der Waals surface area (Å²) in [5.74, 6) is 0.870. The number of carbonyl (C=O) groups is 1. The molecule has 2 aromatic carbocycles. The van der Waals surface area contributed by atoms with Gasteiger partial charge in [0.25, 0.3) is 5.56 Å². The molecule has 0 spiro atoms. The van der Waals surface area contributed by atoms with Crippen LogP contribution in [0.1, 0.15) is 25.8 Å². The van der Waals surface area contributed by atoms with Crippen molar-refractivity contribution >= 4 is 39.3 Å². The molecule has 1 amide bonds. The van der Waals surface area contributed by atoms with Crippen molar-refractivity contribution in [2.24, 2.45) is 11.8 Å². The van der Waals surface area contributed by atoms with E-state index in [2.05, 4.69) is 18.9 Å². The zero-order chi connectivity index (χ0) is 23.1. The van der Waals surface area contributed by atoms with Gasteiger partial charge in [-0.1, -0.05) is 55.8 Å². The summed E-state index contributed by atoms with van der Waals surface area (Å²) in [6.45, 7) is 6.25. The van der Waals surface area contributed by atoms with Gasteiger partial charge in [0.15, 0.2) is 0 Å². The molecule has 2 aromatic heterocycles. The molecule has 0 aliphatic carbocycles. The molecule has 1 fully saturated rings. The minimum atomic E-state index is -0.253. The Labute approximate surface area is 197 Å². The number of carbonyl (C=O) groups excluding carboxylic acids is 1. The first-order chi connectivity index (χ1) is 15.9. The van der Waals surface area contributed by atoms with E-state index in [1.54, 1.807) is 6.20 Å². The largest absolute Gasteiger partial charge is 0.341 e. The van der Waals surface area contributed by atoms with Gasteiger partial charge in [-0.3, -0.25) is 9.59 Å². The van der Waals surface area contributed by atoms with Crippen LogP contribution < -0.4 is 5.56 Å². The molecule has 4 aromatic rings. The van der Waals surface area contributed by atoms with Crippen molar-refractivity contribution in [3.8, 4) is 0 Å². The molecule has 2 atom stereocenters. The predicted octanol–water partition coefficient (Wildman–Crippen LogP) is 4.56. The normalized spacial score (nSPS) is 18.8. The van der Waals surface area contributed by atoms with Crippen LogP contribution in [0, 0.1) is 11.8 Å². The first-order valence-electron chi connectivity index (χ1n) is 11.4. The second kappa shape index (κ2) is 8.67. The van der Waals surface area contributed by atoms with E-state index in [9.17, 15) is 9.59 Å². The predicted molar refractivity (Wildman–Crippen MR) is 132 cm³/mol. The van der Waals surface area contributed by atoms with Crippen molar-refractivity contribution < 1.29 is 4.79 Å². The fourth-order valence-electron chi connectivity index (χ4n) is 5.18. The number of aromatic nitrogens is 3. The van der Waals surface area contributed by atoms with Crippen LogP contribution in [0.25, 0.3) is 21.8 Å². The molecule has 0 N–H and O–H groups in total. The number of hydrogen-bond acceptors (Lipinski definition) is 3. The van der Waals surface area contributed by atoms with Gasteiger partial charge < -0.3 is 9.47 Å². The van der Waals surface area contributed by atoms with E-state index in [0.29, 0.717) is 28.9 Å². The minimum Gasteiger partial charge on any atom is -0.341 e. The Morgan fingerprint density at radius 2 is 1.82 bits per heavy atom. The smallest absolute Gasteiger partial charge is 0.291 e. The van der Waals surface area contributed by atoms with Crippen LogP contribution in [0.2, 0.25) is 5.02 Å². The fourth-order valence-corrected chi connectivity index (χ4v) is 5.40. The van der Waals surface area contributed by atoms with Crippen LogP contribution in [-0.4, -0.2) is 38.2 Å². The van der Waals surface area contributed by atoms with Crippen LogP contribution in [0.5, 0.6) is 0 Å².